The molecule has 0 radical (unpaired) electrons. The summed E-state index contributed by atoms with van der Waals surface area (Å²) >= 11 is 0. The van der Waals surface area contributed by atoms with Crippen LogP contribution in [0.25, 0.3) is 0 Å². The molecule has 1 aromatic rings. The number of aryl methyl sites for hydroxylation is 1. The summed E-state index contributed by atoms with van der Waals surface area (Å²) in [5, 5.41) is 7.35. The summed E-state index contributed by atoms with van der Waals surface area (Å²) in [6.07, 6.45) is 5.07. The first-order valence-electron chi connectivity index (χ1n) is 8.36. The predicted octanol–water partition coefficient (Wildman–Crippen LogP) is 1.55. The average molecular weight is 306 g/mol. The summed E-state index contributed by atoms with van der Waals surface area (Å²) in [5.74, 6) is 2.13. The second-order valence-corrected chi connectivity index (χ2v) is 7.03. The Kier molecular flexibility index (Phi) is 4.47. The molecule has 3 heterocycles. The zero-order valence-electron chi connectivity index (χ0n) is 13.6. The van der Waals surface area contributed by atoms with Crippen molar-refractivity contribution in [3.8, 4) is 0 Å². The van der Waals surface area contributed by atoms with Crippen LogP contribution in [0, 0.1) is 18.3 Å². The number of rotatable bonds is 3. The van der Waals surface area contributed by atoms with Gasteiger partial charge in [0.2, 0.25) is 11.8 Å². The number of aromatic nitrogens is 2. The third kappa shape index (κ3) is 3.32. The summed E-state index contributed by atoms with van der Waals surface area (Å²) in [7, 11) is 0. The first-order chi connectivity index (χ1) is 10.6. The largest absolute Gasteiger partial charge is 0.342 e. The van der Waals surface area contributed by atoms with Crippen LogP contribution in [-0.2, 0) is 11.2 Å². The van der Waals surface area contributed by atoms with Gasteiger partial charge in [-0.2, -0.15) is 4.98 Å². The molecule has 0 unspecified atom stereocenters. The molecule has 6 heteroatoms. The van der Waals surface area contributed by atoms with Crippen molar-refractivity contribution in [3.63, 3.8) is 0 Å². The van der Waals surface area contributed by atoms with Gasteiger partial charge in [0, 0.05) is 33.0 Å². The van der Waals surface area contributed by atoms with E-state index >= 15 is 0 Å². The molecule has 0 aromatic carbocycles. The van der Waals surface area contributed by atoms with Gasteiger partial charge in [0.15, 0.2) is 5.82 Å². The summed E-state index contributed by atoms with van der Waals surface area (Å²) in [6, 6.07) is 0. The molecule has 1 amide bonds. The summed E-state index contributed by atoms with van der Waals surface area (Å²) in [6.45, 7) is 7.45. The molecule has 2 fully saturated rings. The van der Waals surface area contributed by atoms with E-state index in [0.717, 1.165) is 64.1 Å². The normalized spacial score (nSPS) is 29.5. The van der Waals surface area contributed by atoms with Crippen molar-refractivity contribution in [2.24, 2.45) is 11.3 Å². The number of amides is 1. The Morgan fingerprint density at radius 1 is 1.50 bits per heavy atom. The van der Waals surface area contributed by atoms with Crippen molar-refractivity contribution in [1.29, 1.82) is 0 Å². The third-order valence-corrected chi connectivity index (χ3v) is 4.96. The second-order valence-electron chi connectivity index (χ2n) is 7.03. The van der Waals surface area contributed by atoms with E-state index in [1.807, 2.05) is 6.92 Å². The van der Waals surface area contributed by atoms with E-state index in [0.29, 0.717) is 17.7 Å². The van der Waals surface area contributed by atoms with Crippen molar-refractivity contribution < 1.29 is 9.32 Å². The van der Waals surface area contributed by atoms with Crippen LogP contribution in [0.5, 0.6) is 0 Å². The van der Waals surface area contributed by atoms with Gasteiger partial charge in [0.25, 0.3) is 0 Å². The molecule has 1 aromatic heterocycles. The van der Waals surface area contributed by atoms with Crippen LogP contribution in [0.4, 0.5) is 0 Å². The SMILES string of the molecule is Cc1nc(C[C@H]2CCCN(C(=O)[C@@]3(C)CCCNC3)C2)no1. The molecule has 0 saturated carbocycles. The lowest BCUT2D eigenvalue weighted by Gasteiger charge is -2.40. The van der Waals surface area contributed by atoms with Gasteiger partial charge in [-0.25, -0.2) is 0 Å². The van der Waals surface area contributed by atoms with Crippen molar-refractivity contribution >= 4 is 5.91 Å². The Labute approximate surface area is 131 Å². The summed E-state index contributed by atoms with van der Waals surface area (Å²) in [5.41, 5.74) is -0.233. The predicted molar refractivity (Wildman–Crippen MR) is 82.3 cm³/mol. The lowest BCUT2D eigenvalue weighted by atomic mass is 9.80. The number of piperidine rings is 2. The molecule has 2 aliphatic rings. The first kappa shape index (κ1) is 15.5. The molecule has 2 atom stereocenters. The minimum Gasteiger partial charge on any atom is -0.342 e. The van der Waals surface area contributed by atoms with Gasteiger partial charge in [-0.05, 0) is 45.1 Å². The average Bonchev–Trinajstić information content (AvgIpc) is 2.92. The highest BCUT2D eigenvalue weighted by molar-refractivity contribution is 5.82. The van der Waals surface area contributed by atoms with Crippen LogP contribution in [0.15, 0.2) is 4.52 Å². The van der Waals surface area contributed by atoms with Gasteiger partial charge in [-0.15, -0.1) is 0 Å². The van der Waals surface area contributed by atoms with Gasteiger partial charge in [0.05, 0.1) is 5.41 Å². The topological polar surface area (TPSA) is 71.3 Å². The Morgan fingerprint density at radius 2 is 2.36 bits per heavy atom. The standard InChI is InChI=1S/C16H26N4O2/c1-12-18-14(19-22-12)9-13-5-3-8-20(10-13)15(21)16(2)6-4-7-17-11-16/h13,17H,3-11H2,1-2H3/t13-,16+/m1/s1. The molecule has 0 spiro atoms. The van der Waals surface area contributed by atoms with E-state index in [1.54, 1.807) is 0 Å². The van der Waals surface area contributed by atoms with Crippen molar-refractivity contribution in [1.82, 2.24) is 20.4 Å². The van der Waals surface area contributed by atoms with Gasteiger partial charge >= 0.3 is 0 Å². The van der Waals surface area contributed by atoms with Crippen LogP contribution in [-0.4, -0.2) is 47.1 Å². The van der Waals surface area contributed by atoms with Crippen LogP contribution in [0.1, 0.15) is 44.3 Å². The van der Waals surface area contributed by atoms with E-state index in [1.165, 1.54) is 0 Å². The van der Waals surface area contributed by atoms with Crippen molar-refractivity contribution in [2.75, 3.05) is 26.2 Å². The van der Waals surface area contributed by atoms with Gasteiger partial charge in [0.1, 0.15) is 0 Å². The number of carbonyl (C=O) groups excluding carboxylic acids is 1. The van der Waals surface area contributed by atoms with Gasteiger partial charge in [-0.1, -0.05) is 5.16 Å². The minimum atomic E-state index is -0.233. The minimum absolute atomic E-state index is 0.233. The van der Waals surface area contributed by atoms with Gasteiger partial charge in [-0.3, -0.25) is 4.79 Å². The van der Waals surface area contributed by atoms with E-state index in [4.69, 9.17) is 4.52 Å². The molecule has 6 nitrogen and oxygen atoms in total. The monoisotopic (exact) mass is 306 g/mol. The highest BCUT2D eigenvalue weighted by atomic mass is 16.5. The molecule has 1 N–H and O–H groups in total. The molecular formula is C16H26N4O2. The molecule has 3 rings (SSSR count). The molecule has 2 saturated heterocycles. The number of nitrogens with one attached hydrogen (secondary N) is 1. The third-order valence-electron chi connectivity index (χ3n) is 4.96. The maximum absolute atomic E-state index is 12.9. The van der Waals surface area contributed by atoms with Gasteiger partial charge < -0.3 is 14.7 Å². The van der Waals surface area contributed by atoms with E-state index in [9.17, 15) is 4.79 Å². The number of hydrogen-bond donors (Lipinski definition) is 1. The number of carbonyl (C=O) groups is 1. The molecule has 122 valence electrons. The fraction of sp³-hybridized carbons (Fsp3) is 0.812. The van der Waals surface area contributed by atoms with Crippen LogP contribution in [0.2, 0.25) is 0 Å². The fourth-order valence-corrected chi connectivity index (χ4v) is 3.72. The first-order valence-corrected chi connectivity index (χ1v) is 8.36. The van der Waals surface area contributed by atoms with Crippen molar-refractivity contribution in [3.05, 3.63) is 11.7 Å². The number of hydrogen-bond acceptors (Lipinski definition) is 5. The fourth-order valence-electron chi connectivity index (χ4n) is 3.72. The Bertz CT molecular complexity index is 522. The quantitative estimate of drug-likeness (QED) is 0.917. The van der Waals surface area contributed by atoms with E-state index < -0.39 is 0 Å². The smallest absolute Gasteiger partial charge is 0.229 e. The zero-order chi connectivity index (χ0) is 15.6. The lowest BCUT2D eigenvalue weighted by molar-refractivity contribution is -0.144. The highest BCUT2D eigenvalue weighted by Crippen LogP contribution is 2.30. The highest BCUT2D eigenvalue weighted by Gasteiger charge is 2.39. The second kappa shape index (κ2) is 6.36. The van der Waals surface area contributed by atoms with E-state index in [-0.39, 0.29) is 5.41 Å². The van der Waals surface area contributed by atoms with Crippen LogP contribution >= 0.6 is 0 Å². The number of likely N-dealkylation sites (tertiary alicyclic amines) is 1. The molecule has 2 aliphatic heterocycles. The molecule has 0 bridgehead atoms. The maximum Gasteiger partial charge on any atom is 0.229 e. The molecule has 22 heavy (non-hydrogen) atoms. The zero-order valence-corrected chi connectivity index (χ0v) is 13.6. The maximum atomic E-state index is 12.9. The van der Waals surface area contributed by atoms with Crippen molar-refractivity contribution in [2.45, 2.75) is 46.0 Å². The van der Waals surface area contributed by atoms with Crippen LogP contribution < -0.4 is 5.32 Å². The van der Waals surface area contributed by atoms with E-state index in [2.05, 4.69) is 27.3 Å². The van der Waals surface area contributed by atoms with Crippen LogP contribution in [0.3, 0.4) is 0 Å². The molecular weight excluding hydrogens is 280 g/mol. The Morgan fingerprint density at radius 3 is 3.05 bits per heavy atom. The molecule has 0 aliphatic carbocycles. The Hall–Kier alpha value is -1.43. The lowest BCUT2D eigenvalue weighted by Crippen LogP contribution is -2.52. The Balaban J connectivity index is 1.61. The summed E-state index contributed by atoms with van der Waals surface area (Å²) in [4.78, 5) is 19.3. The summed E-state index contributed by atoms with van der Waals surface area (Å²) < 4.78 is 5.04. The number of nitrogens with zero attached hydrogens (tertiary/aromatic N) is 3.